The van der Waals surface area contributed by atoms with Gasteiger partial charge < -0.3 is 15.4 Å². The van der Waals surface area contributed by atoms with Crippen LogP contribution in [0.4, 0.5) is 18.9 Å². The standard InChI is InChI=1S/C23H21F3N4O3/c1-27-21(31)14-8-9-19(33-2)18(10-14)29-22(32)17-12-28-30(20(17)13-6-7-13)16-5-3-4-15(11-16)23(24,25)26/h3-5,8-13H,6-7H2,1-2H3,(H,27,31)(H,29,32). The molecule has 7 nitrogen and oxygen atoms in total. The lowest BCUT2D eigenvalue weighted by Crippen LogP contribution is -2.19. The van der Waals surface area contributed by atoms with Gasteiger partial charge in [0, 0.05) is 18.5 Å². The highest BCUT2D eigenvalue weighted by molar-refractivity contribution is 6.07. The molecule has 1 aromatic heterocycles. The van der Waals surface area contributed by atoms with Crippen molar-refractivity contribution < 1.29 is 27.5 Å². The second-order valence-corrected chi connectivity index (χ2v) is 7.63. The van der Waals surface area contributed by atoms with E-state index in [1.54, 1.807) is 12.1 Å². The van der Waals surface area contributed by atoms with Crippen LogP contribution in [0, 0.1) is 0 Å². The summed E-state index contributed by atoms with van der Waals surface area (Å²) in [5.41, 5.74) is 0.854. The molecule has 172 valence electrons. The molecule has 1 aliphatic rings. The molecule has 4 rings (SSSR count). The largest absolute Gasteiger partial charge is 0.495 e. The van der Waals surface area contributed by atoms with Crippen LogP contribution in [0.15, 0.2) is 48.7 Å². The molecule has 10 heteroatoms. The third-order valence-corrected chi connectivity index (χ3v) is 5.37. The van der Waals surface area contributed by atoms with Crippen LogP contribution in [-0.2, 0) is 6.18 Å². The van der Waals surface area contributed by atoms with Gasteiger partial charge >= 0.3 is 6.18 Å². The van der Waals surface area contributed by atoms with Crippen molar-refractivity contribution in [2.24, 2.45) is 0 Å². The van der Waals surface area contributed by atoms with Crippen molar-refractivity contribution >= 4 is 17.5 Å². The monoisotopic (exact) mass is 458 g/mol. The van der Waals surface area contributed by atoms with Gasteiger partial charge in [-0.15, -0.1) is 0 Å². The first-order chi connectivity index (χ1) is 15.7. The third-order valence-electron chi connectivity index (χ3n) is 5.37. The van der Waals surface area contributed by atoms with Gasteiger partial charge in [0.25, 0.3) is 11.8 Å². The Kier molecular flexibility index (Phi) is 5.84. The van der Waals surface area contributed by atoms with Crippen LogP contribution in [0.5, 0.6) is 5.75 Å². The molecule has 2 amide bonds. The van der Waals surface area contributed by atoms with Gasteiger partial charge in [-0.25, -0.2) is 4.68 Å². The van der Waals surface area contributed by atoms with Crippen LogP contribution in [0.3, 0.4) is 0 Å². The summed E-state index contributed by atoms with van der Waals surface area (Å²) in [5, 5.41) is 9.49. The maximum Gasteiger partial charge on any atom is 0.416 e. The summed E-state index contributed by atoms with van der Waals surface area (Å²) < 4.78 is 46.2. The van der Waals surface area contributed by atoms with Crippen molar-refractivity contribution in [3.63, 3.8) is 0 Å². The highest BCUT2D eigenvalue weighted by Crippen LogP contribution is 2.43. The lowest BCUT2D eigenvalue weighted by molar-refractivity contribution is -0.137. The van der Waals surface area contributed by atoms with E-state index in [-0.39, 0.29) is 28.8 Å². The minimum absolute atomic E-state index is 0.0156. The van der Waals surface area contributed by atoms with E-state index in [4.69, 9.17) is 4.74 Å². The lowest BCUT2D eigenvalue weighted by atomic mass is 10.1. The highest BCUT2D eigenvalue weighted by atomic mass is 19.4. The molecule has 2 N–H and O–H groups in total. The first kappa shape index (κ1) is 22.4. The molecule has 0 atom stereocenters. The number of amides is 2. The Morgan fingerprint density at radius 2 is 1.88 bits per heavy atom. The minimum atomic E-state index is -4.49. The van der Waals surface area contributed by atoms with Crippen molar-refractivity contribution in [1.29, 1.82) is 0 Å². The van der Waals surface area contributed by atoms with Gasteiger partial charge in [0.1, 0.15) is 5.75 Å². The number of carbonyl (C=O) groups is 2. The van der Waals surface area contributed by atoms with Crippen LogP contribution < -0.4 is 15.4 Å². The summed E-state index contributed by atoms with van der Waals surface area (Å²) in [6.45, 7) is 0. The first-order valence-electron chi connectivity index (χ1n) is 10.2. The quantitative estimate of drug-likeness (QED) is 0.574. The number of rotatable bonds is 6. The molecule has 2 aromatic carbocycles. The molecule has 0 bridgehead atoms. The fourth-order valence-electron chi connectivity index (χ4n) is 3.58. The van der Waals surface area contributed by atoms with Crippen LogP contribution in [0.1, 0.15) is 50.7 Å². The average molecular weight is 458 g/mol. The summed E-state index contributed by atoms with van der Waals surface area (Å²) in [7, 11) is 2.93. The molecular weight excluding hydrogens is 437 g/mol. The maximum absolute atomic E-state index is 13.2. The van der Waals surface area contributed by atoms with Crippen LogP contribution in [-0.4, -0.2) is 35.8 Å². The van der Waals surface area contributed by atoms with Crippen molar-refractivity contribution in [1.82, 2.24) is 15.1 Å². The number of benzene rings is 2. The Balaban J connectivity index is 1.70. The van der Waals surface area contributed by atoms with Crippen molar-refractivity contribution in [2.75, 3.05) is 19.5 Å². The maximum atomic E-state index is 13.2. The predicted molar refractivity (Wildman–Crippen MR) is 115 cm³/mol. The van der Waals surface area contributed by atoms with E-state index in [0.717, 1.165) is 25.0 Å². The van der Waals surface area contributed by atoms with E-state index in [0.29, 0.717) is 17.0 Å². The molecule has 3 aromatic rings. The van der Waals surface area contributed by atoms with E-state index in [2.05, 4.69) is 15.7 Å². The first-order valence-corrected chi connectivity index (χ1v) is 10.2. The number of hydrogen-bond acceptors (Lipinski definition) is 4. The van der Waals surface area contributed by atoms with Crippen LogP contribution in [0.2, 0.25) is 0 Å². The van der Waals surface area contributed by atoms with Gasteiger partial charge in [-0.1, -0.05) is 6.07 Å². The fourth-order valence-corrected chi connectivity index (χ4v) is 3.58. The highest BCUT2D eigenvalue weighted by Gasteiger charge is 2.34. The molecule has 0 saturated heterocycles. The Morgan fingerprint density at radius 3 is 2.52 bits per heavy atom. The number of hydrogen-bond donors (Lipinski definition) is 2. The van der Waals surface area contributed by atoms with E-state index in [1.807, 2.05) is 0 Å². The number of nitrogens with one attached hydrogen (secondary N) is 2. The Morgan fingerprint density at radius 1 is 1.12 bits per heavy atom. The lowest BCUT2D eigenvalue weighted by Gasteiger charge is -2.13. The minimum Gasteiger partial charge on any atom is -0.495 e. The number of nitrogens with zero attached hydrogens (tertiary/aromatic N) is 2. The number of anilines is 1. The number of aromatic nitrogens is 2. The fraction of sp³-hybridized carbons (Fsp3) is 0.261. The number of carbonyl (C=O) groups excluding carboxylic acids is 2. The molecule has 1 heterocycles. The van der Waals surface area contributed by atoms with E-state index in [1.165, 1.54) is 43.2 Å². The van der Waals surface area contributed by atoms with E-state index in [9.17, 15) is 22.8 Å². The zero-order valence-corrected chi connectivity index (χ0v) is 17.9. The molecule has 1 saturated carbocycles. The SMILES string of the molecule is CNC(=O)c1ccc(OC)c(NC(=O)c2cnn(-c3cccc(C(F)(F)F)c3)c2C2CC2)c1. The number of alkyl halides is 3. The molecule has 0 aliphatic heterocycles. The van der Waals surface area contributed by atoms with Gasteiger partial charge in [0.2, 0.25) is 0 Å². The van der Waals surface area contributed by atoms with E-state index >= 15 is 0 Å². The summed E-state index contributed by atoms with van der Waals surface area (Å²) in [6, 6.07) is 9.45. The molecule has 1 aliphatic carbocycles. The van der Waals surface area contributed by atoms with E-state index < -0.39 is 17.6 Å². The molecule has 0 unspecified atom stereocenters. The summed E-state index contributed by atoms with van der Waals surface area (Å²) in [5.74, 6) is -0.456. The normalized spacial score (nSPS) is 13.5. The Hall–Kier alpha value is -3.82. The summed E-state index contributed by atoms with van der Waals surface area (Å²) in [4.78, 5) is 25.1. The van der Waals surface area contributed by atoms with Crippen LogP contribution in [0.25, 0.3) is 5.69 Å². The van der Waals surface area contributed by atoms with Gasteiger partial charge in [0.05, 0.1) is 41.5 Å². The number of halogens is 3. The van der Waals surface area contributed by atoms with Crippen molar-refractivity contribution in [2.45, 2.75) is 24.9 Å². The number of ether oxygens (including phenoxy) is 1. The average Bonchev–Trinajstić information content (AvgIpc) is 3.55. The molecule has 0 spiro atoms. The summed E-state index contributed by atoms with van der Waals surface area (Å²) in [6.07, 6.45) is -1.53. The topological polar surface area (TPSA) is 85.2 Å². The third kappa shape index (κ3) is 4.55. The zero-order valence-electron chi connectivity index (χ0n) is 17.9. The molecular formula is C23H21F3N4O3. The predicted octanol–water partition coefficient (Wildman–Crippen LogP) is 4.39. The van der Waals surface area contributed by atoms with Crippen LogP contribution >= 0.6 is 0 Å². The Labute approximate surface area is 187 Å². The van der Waals surface area contributed by atoms with Gasteiger partial charge in [-0.05, 0) is 49.2 Å². The second kappa shape index (κ2) is 8.61. The van der Waals surface area contributed by atoms with Crippen molar-refractivity contribution in [3.05, 3.63) is 71.0 Å². The second-order valence-electron chi connectivity index (χ2n) is 7.63. The zero-order chi connectivity index (χ0) is 23.8. The summed E-state index contributed by atoms with van der Waals surface area (Å²) >= 11 is 0. The van der Waals surface area contributed by atoms with Gasteiger partial charge in [0.15, 0.2) is 0 Å². The van der Waals surface area contributed by atoms with Crippen molar-refractivity contribution in [3.8, 4) is 11.4 Å². The Bertz CT molecular complexity index is 1220. The molecule has 33 heavy (non-hydrogen) atoms. The molecule has 0 radical (unpaired) electrons. The van der Waals surface area contributed by atoms with Gasteiger partial charge in [-0.2, -0.15) is 18.3 Å². The molecule has 1 fully saturated rings. The smallest absolute Gasteiger partial charge is 0.416 e. The number of methoxy groups -OCH3 is 1. The van der Waals surface area contributed by atoms with Gasteiger partial charge in [-0.3, -0.25) is 9.59 Å².